The summed E-state index contributed by atoms with van der Waals surface area (Å²) in [6.07, 6.45) is 0.908. The van der Waals surface area contributed by atoms with Crippen molar-refractivity contribution < 1.29 is 4.74 Å². The van der Waals surface area contributed by atoms with Crippen LogP contribution in [0.1, 0.15) is 12.0 Å². The maximum atomic E-state index is 8.80. The molecule has 2 aromatic rings. The third-order valence-electron chi connectivity index (χ3n) is 2.65. The predicted molar refractivity (Wildman–Crippen MR) is 76.2 cm³/mol. The van der Waals surface area contributed by atoms with Crippen LogP contribution in [0.4, 0.5) is 5.69 Å². The van der Waals surface area contributed by atoms with Crippen LogP contribution in [-0.2, 0) is 0 Å². The highest BCUT2D eigenvalue weighted by Gasteiger charge is 1.95. The molecule has 0 aliphatic carbocycles. The van der Waals surface area contributed by atoms with Gasteiger partial charge < -0.3 is 10.1 Å². The van der Waals surface area contributed by atoms with E-state index < -0.39 is 0 Å². The molecule has 3 nitrogen and oxygen atoms in total. The quantitative estimate of drug-likeness (QED) is 0.801. The number of para-hydroxylation sites is 1. The lowest BCUT2D eigenvalue weighted by Gasteiger charge is -2.08. The number of anilines is 1. The molecule has 0 fully saturated rings. The largest absolute Gasteiger partial charge is 0.494 e. The van der Waals surface area contributed by atoms with Gasteiger partial charge in [-0.3, -0.25) is 0 Å². The average Bonchev–Trinajstić information content (AvgIpc) is 2.48. The van der Waals surface area contributed by atoms with E-state index in [2.05, 4.69) is 11.4 Å². The van der Waals surface area contributed by atoms with Gasteiger partial charge in [0.15, 0.2) is 0 Å². The Hall–Kier alpha value is -2.47. The number of nitrogens with one attached hydrogen (secondary N) is 1. The Morgan fingerprint density at radius 3 is 2.68 bits per heavy atom. The molecule has 0 amide bonds. The molecule has 0 aliphatic rings. The van der Waals surface area contributed by atoms with Gasteiger partial charge in [0.2, 0.25) is 0 Å². The van der Waals surface area contributed by atoms with E-state index >= 15 is 0 Å². The van der Waals surface area contributed by atoms with E-state index in [1.807, 2.05) is 48.5 Å². The van der Waals surface area contributed by atoms with Gasteiger partial charge >= 0.3 is 0 Å². The summed E-state index contributed by atoms with van der Waals surface area (Å²) in [7, 11) is 0. The summed E-state index contributed by atoms with van der Waals surface area (Å²) < 4.78 is 5.60. The number of hydrogen-bond donors (Lipinski definition) is 1. The normalized spacial score (nSPS) is 9.63. The molecule has 0 bridgehead atoms. The van der Waals surface area contributed by atoms with Crippen molar-refractivity contribution in [2.45, 2.75) is 6.42 Å². The van der Waals surface area contributed by atoms with E-state index in [1.54, 1.807) is 6.07 Å². The molecular formula is C16H16N2O. The fraction of sp³-hybridized carbons (Fsp3) is 0.188. The van der Waals surface area contributed by atoms with Gasteiger partial charge in [0.25, 0.3) is 0 Å². The van der Waals surface area contributed by atoms with E-state index in [9.17, 15) is 0 Å². The van der Waals surface area contributed by atoms with Gasteiger partial charge in [0.1, 0.15) is 5.75 Å². The van der Waals surface area contributed by atoms with Crippen molar-refractivity contribution in [3.8, 4) is 11.8 Å². The smallest absolute Gasteiger partial charge is 0.119 e. The summed E-state index contributed by atoms with van der Waals surface area (Å²) in [4.78, 5) is 0. The van der Waals surface area contributed by atoms with Crippen LogP contribution in [0, 0.1) is 11.3 Å². The van der Waals surface area contributed by atoms with E-state index in [0.717, 1.165) is 24.4 Å². The van der Waals surface area contributed by atoms with Gasteiger partial charge in [0.05, 0.1) is 18.2 Å². The standard InChI is InChI=1S/C16H16N2O/c17-13-14-6-4-7-15(12-14)18-10-5-11-19-16-8-2-1-3-9-16/h1-4,6-9,12,18H,5,10-11H2. The SMILES string of the molecule is N#Cc1cccc(NCCCOc2ccccc2)c1. The van der Waals surface area contributed by atoms with Crippen LogP contribution in [0.15, 0.2) is 54.6 Å². The molecule has 19 heavy (non-hydrogen) atoms. The lowest BCUT2D eigenvalue weighted by Crippen LogP contribution is -2.07. The van der Waals surface area contributed by atoms with Gasteiger partial charge in [0, 0.05) is 12.2 Å². The molecule has 96 valence electrons. The minimum absolute atomic E-state index is 0.672. The third-order valence-corrected chi connectivity index (χ3v) is 2.65. The molecule has 0 unspecified atom stereocenters. The zero-order valence-electron chi connectivity index (χ0n) is 10.7. The van der Waals surface area contributed by atoms with E-state index in [1.165, 1.54) is 0 Å². The lowest BCUT2D eigenvalue weighted by molar-refractivity contribution is 0.315. The Kier molecular flexibility index (Phi) is 4.83. The Balaban J connectivity index is 1.68. The second kappa shape index (κ2) is 7.07. The van der Waals surface area contributed by atoms with Crippen molar-refractivity contribution in [2.75, 3.05) is 18.5 Å². The van der Waals surface area contributed by atoms with Crippen molar-refractivity contribution in [1.29, 1.82) is 5.26 Å². The number of nitrogens with zero attached hydrogens (tertiary/aromatic N) is 1. The lowest BCUT2D eigenvalue weighted by atomic mass is 10.2. The number of ether oxygens (including phenoxy) is 1. The Labute approximate surface area is 113 Å². The van der Waals surface area contributed by atoms with E-state index in [-0.39, 0.29) is 0 Å². The van der Waals surface area contributed by atoms with Gasteiger partial charge in [-0.25, -0.2) is 0 Å². The van der Waals surface area contributed by atoms with Crippen LogP contribution in [0.25, 0.3) is 0 Å². The fourth-order valence-corrected chi connectivity index (χ4v) is 1.71. The zero-order valence-corrected chi connectivity index (χ0v) is 10.7. The van der Waals surface area contributed by atoms with Gasteiger partial charge in [-0.1, -0.05) is 24.3 Å². The molecule has 0 saturated carbocycles. The van der Waals surface area contributed by atoms with Crippen LogP contribution in [-0.4, -0.2) is 13.2 Å². The molecule has 0 heterocycles. The Morgan fingerprint density at radius 1 is 1.05 bits per heavy atom. The molecule has 2 rings (SSSR count). The fourth-order valence-electron chi connectivity index (χ4n) is 1.71. The molecular weight excluding hydrogens is 236 g/mol. The molecule has 0 aliphatic heterocycles. The van der Waals surface area contributed by atoms with Gasteiger partial charge in [-0.2, -0.15) is 5.26 Å². The minimum atomic E-state index is 0.672. The second-order valence-corrected chi connectivity index (χ2v) is 4.13. The van der Waals surface area contributed by atoms with Crippen molar-refractivity contribution >= 4 is 5.69 Å². The van der Waals surface area contributed by atoms with Gasteiger partial charge in [-0.15, -0.1) is 0 Å². The van der Waals surface area contributed by atoms with Crippen LogP contribution in [0.2, 0.25) is 0 Å². The highest BCUT2D eigenvalue weighted by atomic mass is 16.5. The number of hydrogen-bond acceptors (Lipinski definition) is 3. The number of rotatable bonds is 6. The summed E-state index contributed by atoms with van der Waals surface area (Å²) >= 11 is 0. The van der Waals surface area contributed by atoms with Crippen molar-refractivity contribution in [2.24, 2.45) is 0 Å². The topological polar surface area (TPSA) is 45.0 Å². The van der Waals surface area contributed by atoms with E-state index in [0.29, 0.717) is 12.2 Å². The maximum Gasteiger partial charge on any atom is 0.119 e. The monoisotopic (exact) mass is 252 g/mol. The zero-order chi connectivity index (χ0) is 13.3. The summed E-state index contributed by atoms with van der Waals surface area (Å²) in [6.45, 7) is 1.50. The maximum absolute atomic E-state index is 8.80. The van der Waals surface area contributed by atoms with Gasteiger partial charge in [-0.05, 0) is 36.8 Å². The minimum Gasteiger partial charge on any atom is -0.494 e. The molecule has 3 heteroatoms. The summed E-state index contributed by atoms with van der Waals surface area (Å²) in [5.74, 6) is 0.897. The summed E-state index contributed by atoms with van der Waals surface area (Å²) in [6, 6.07) is 19.4. The Bertz CT molecular complexity index is 546. The first-order valence-corrected chi connectivity index (χ1v) is 6.30. The van der Waals surface area contributed by atoms with Crippen LogP contribution in [0.3, 0.4) is 0 Å². The van der Waals surface area contributed by atoms with E-state index in [4.69, 9.17) is 10.00 Å². The van der Waals surface area contributed by atoms with Crippen molar-refractivity contribution in [1.82, 2.24) is 0 Å². The van der Waals surface area contributed by atoms with Crippen LogP contribution < -0.4 is 10.1 Å². The number of nitriles is 1. The van der Waals surface area contributed by atoms with Crippen molar-refractivity contribution in [3.05, 3.63) is 60.2 Å². The molecule has 0 radical (unpaired) electrons. The first kappa shape index (κ1) is 13.0. The highest BCUT2D eigenvalue weighted by Crippen LogP contribution is 2.10. The summed E-state index contributed by atoms with van der Waals surface area (Å²) in [5, 5.41) is 12.1. The number of benzene rings is 2. The molecule has 0 aromatic heterocycles. The van der Waals surface area contributed by atoms with Crippen LogP contribution >= 0.6 is 0 Å². The predicted octanol–water partition coefficient (Wildman–Crippen LogP) is 3.44. The first-order valence-electron chi connectivity index (χ1n) is 6.30. The summed E-state index contributed by atoms with van der Waals surface area (Å²) in [5.41, 5.74) is 1.64. The molecule has 0 atom stereocenters. The molecule has 0 spiro atoms. The average molecular weight is 252 g/mol. The molecule has 1 N–H and O–H groups in total. The second-order valence-electron chi connectivity index (χ2n) is 4.13. The molecule has 0 saturated heterocycles. The Morgan fingerprint density at radius 2 is 1.89 bits per heavy atom. The highest BCUT2D eigenvalue weighted by molar-refractivity contribution is 5.48. The molecule has 2 aromatic carbocycles. The third kappa shape index (κ3) is 4.36. The first-order chi connectivity index (χ1) is 9.38. The van der Waals surface area contributed by atoms with Crippen molar-refractivity contribution in [3.63, 3.8) is 0 Å². The van der Waals surface area contributed by atoms with Crippen LogP contribution in [0.5, 0.6) is 5.75 Å².